The van der Waals surface area contributed by atoms with Gasteiger partial charge < -0.3 is 9.64 Å². The topological polar surface area (TPSA) is 29.5 Å². The van der Waals surface area contributed by atoms with E-state index in [2.05, 4.69) is 0 Å². The number of para-hydroxylation sites is 1. The smallest absolute Gasteiger partial charge is 0.152 e. The van der Waals surface area contributed by atoms with Gasteiger partial charge in [0.25, 0.3) is 0 Å². The van der Waals surface area contributed by atoms with Crippen molar-refractivity contribution in [3.63, 3.8) is 0 Å². The molecule has 1 unspecified atom stereocenters. The molecule has 98 valence electrons. The van der Waals surface area contributed by atoms with E-state index >= 15 is 0 Å². The Kier molecular flexibility index (Phi) is 4.31. The minimum Gasteiger partial charge on any atom is -0.376 e. The Bertz CT molecular complexity index is 416. The Hall–Kier alpha value is -1.42. The Morgan fingerprint density at radius 2 is 2.39 bits per heavy atom. The number of carbonyl (C=O) groups excluding carboxylic acids is 1. The highest BCUT2D eigenvalue weighted by molar-refractivity contribution is 5.84. The van der Waals surface area contributed by atoms with Gasteiger partial charge in [-0.2, -0.15) is 0 Å². The summed E-state index contributed by atoms with van der Waals surface area (Å²) >= 11 is 0. The van der Waals surface area contributed by atoms with E-state index in [-0.39, 0.29) is 11.9 Å². The molecular formula is C14H18FNO2. The van der Waals surface area contributed by atoms with E-state index in [1.807, 2.05) is 11.8 Å². The van der Waals surface area contributed by atoms with Crippen LogP contribution >= 0.6 is 0 Å². The average molecular weight is 251 g/mol. The first-order valence-corrected chi connectivity index (χ1v) is 6.36. The number of benzene rings is 1. The van der Waals surface area contributed by atoms with E-state index in [0.717, 1.165) is 19.4 Å². The lowest BCUT2D eigenvalue weighted by Crippen LogP contribution is -2.33. The molecule has 1 atom stereocenters. The zero-order valence-corrected chi connectivity index (χ0v) is 10.6. The first kappa shape index (κ1) is 13.0. The molecule has 1 heterocycles. The molecule has 1 saturated heterocycles. The maximum atomic E-state index is 13.9. The van der Waals surface area contributed by atoms with Crippen LogP contribution < -0.4 is 4.90 Å². The van der Waals surface area contributed by atoms with E-state index in [0.29, 0.717) is 30.6 Å². The van der Waals surface area contributed by atoms with Gasteiger partial charge in [-0.1, -0.05) is 6.07 Å². The number of hydrogen-bond donors (Lipinski definition) is 0. The first-order valence-electron chi connectivity index (χ1n) is 6.36. The van der Waals surface area contributed by atoms with Crippen molar-refractivity contribution in [3.05, 3.63) is 29.6 Å². The summed E-state index contributed by atoms with van der Waals surface area (Å²) in [6.45, 7) is 4.02. The summed E-state index contributed by atoms with van der Waals surface area (Å²) in [5.74, 6) is -0.348. The third kappa shape index (κ3) is 2.70. The van der Waals surface area contributed by atoms with Gasteiger partial charge in [0.05, 0.1) is 11.8 Å². The van der Waals surface area contributed by atoms with Crippen molar-refractivity contribution in [1.29, 1.82) is 0 Å². The number of aldehydes is 1. The van der Waals surface area contributed by atoms with E-state index < -0.39 is 0 Å². The summed E-state index contributed by atoms with van der Waals surface area (Å²) < 4.78 is 19.5. The third-order valence-corrected chi connectivity index (χ3v) is 3.29. The van der Waals surface area contributed by atoms with Crippen molar-refractivity contribution in [3.8, 4) is 0 Å². The van der Waals surface area contributed by atoms with Crippen LogP contribution in [0.15, 0.2) is 18.2 Å². The van der Waals surface area contributed by atoms with Crippen molar-refractivity contribution >= 4 is 12.0 Å². The third-order valence-electron chi connectivity index (χ3n) is 3.29. The largest absolute Gasteiger partial charge is 0.376 e. The number of ether oxygens (including phenoxy) is 1. The Morgan fingerprint density at radius 1 is 1.56 bits per heavy atom. The Morgan fingerprint density at radius 3 is 3.00 bits per heavy atom. The molecule has 0 N–H and O–H groups in total. The monoisotopic (exact) mass is 251 g/mol. The maximum Gasteiger partial charge on any atom is 0.152 e. The Labute approximate surface area is 107 Å². The van der Waals surface area contributed by atoms with E-state index in [1.54, 1.807) is 12.1 Å². The molecule has 0 spiro atoms. The average Bonchev–Trinajstić information content (AvgIpc) is 2.89. The van der Waals surface area contributed by atoms with Crippen molar-refractivity contribution in [2.45, 2.75) is 25.9 Å². The molecule has 0 radical (unpaired) electrons. The molecule has 1 aliphatic heterocycles. The molecule has 18 heavy (non-hydrogen) atoms. The highest BCUT2D eigenvalue weighted by Gasteiger charge is 2.21. The number of carbonyl (C=O) groups is 1. The molecule has 3 nitrogen and oxygen atoms in total. The van der Waals surface area contributed by atoms with Gasteiger partial charge in [-0.05, 0) is 31.9 Å². The van der Waals surface area contributed by atoms with Crippen LogP contribution in [-0.4, -0.2) is 32.1 Å². The van der Waals surface area contributed by atoms with Crippen LogP contribution in [0.2, 0.25) is 0 Å². The molecule has 0 saturated carbocycles. The molecule has 0 amide bonds. The fraction of sp³-hybridized carbons (Fsp3) is 0.500. The van der Waals surface area contributed by atoms with Gasteiger partial charge in [-0.3, -0.25) is 4.79 Å². The molecule has 0 aliphatic carbocycles. The molecule has 1 aromatic carbocycles. The van der Waals surface area contributed by atoms with E-state index in [1.165, 1.54) is 6.07 Å². The molecule has 1 aliphatic rings. The number of halogens is 1. The first-order chi connectivity index (χ1) is 8.76. The van der Waals surface area contributed by atoms with Gasteiger partial charge >= 0.3 is 0 Å². The van der Waals surface area contributed by atoms with Gasteiger partial charge in [0.15, 0.2) is 6.29 Å². The minimum absolute atomic E-state index is 0.143. The predicted octanol–water partition coefficient (Wildman–Crippen LogP) is 2.64. The standard InChI is InChI=1S/C14H18FNO2/c1-2-16(9-12-6-4-8-18-12)14-11(10-17)5-3-7-13(14)15/h3,5,7,10,12H,2,4,6,8-9H2,1H3. The normalized spacial score (nSPS) is 18.9. The SMILES string of the molecule is CCN(CC1CCCO1)c1c(F)cccc1C=O. The number of rotatable bonds is 5. The number of nitrogens with zero attached hydrogens (tertiary/aromatic N) is 1. The van der Waals surface area contributed by atoms with Crippen molar-refractivity contribution in [1.82, 2.24) is 0 Å². The van der Waals surface area contributed by atoms with Crippen LogP contribution in [0, 0.1) is 5.82 Å². The van der Waals surface area contributed by atoms with Gasteiger partial charge in [-0.25, -0.2) is 4.39 Å². The van der Waals surface area contributed by atoms with Gasteiger partial charge in [-0.15, -0.1) is 0 Å². The fourth-order valence-electron chi connectivity index (χ4n) is 2.37. The summed E-state index contributed by atoms with van der Waals surface area (Å²) in [4.78, 5) is 12.9. The van der Waals surface area contributed by atoms with Crippen LogP contribution in [0.25, 0.3) is 0 Å². The number of anilines is 1. The summed E-state index contributed by atoms with van der Waals surface area (Å²) in [6.07, 6.45) is 2.90. The molecule has 2 rings (SSSR count). The van der Waals surface area contributed by atoms with Crippen LogP contribution in [0.4, 0.5) is 10.1 Å². The van der Waals surface area contributed by atoms with Crippen molar-refractivity contribution in [2.24, 2.45) is 0 Å². The zero-order chi connectivity index (χ0) is 13.0. The highest BCUT2D eigenvalue weighted by atomic mass is 19.1. The molecule has 0 aromatic heterocycles. The number of hydrogen-bond acceptors (Lipinski definition) is 3. The lowest BCUT2D eigenvalue weighted by Gasteiger charge is -2.27. The summed E-state index contributed by atoms with van der Waals surface area (Å²) in [7, 11) is 0. The summed E-state index contributed by atoms with van der Waals surface area (Å²) in [6, 6.07) is 4.59. The Balaban J connectivity index is 2.23. The van der Waals surface area contributed by atoms with Crippen LogP contribution in [0.5, 0.6) is 0 Å². The highest BCUT2D eigenvalue weighted by Crippen LogP contribution is 2.25. The second kappa shape index (κ2) is 5.96. The summed E-state index contributed by atoms with van der Waals surface area (Å²) in [5.41, 5.74) is 0.792. The van der Waals surface area contributed by atoms with Crippen molar-refractivity contribution < 1.29 is 13.9 Å². The molecule has 1 aromatic rings. The lowest BCUT2D eigenvalue weighted by molar-refractivity contribution is 0.111. The molecular weight excluding hydrogens is 233 g/mol. The fourth-order valence-corrected chi connectivity index (χ4v) is 2.37. The molecule has 0 bridgehead atoms. The lowest BCUT2D eigenvalue weighted by atomic mass is 10.1. The van der Waals surface area contributed by atoms with E-state index in [4.69, 9.17) is 4.74 Å². The molecule has 4 heteroatoms. The maximum absolute atomic E-state index is 13.9. The minimum atomic E-state index is -0.348. The quantitative estimate of drug-likeness (QED) is 0.753. The summed E-state index contributed by atoms with van der Waals surface area (Å²) in [5, 5.41) is 0. The van der Waals surface area contributed by atoms with Crippen LogP contribution in [-0.2, 0) is 4.74 Å². The predicted molar refractivity (Wildman–Crippen MR) is 68.6 cm³/mol. The van der Waals surface area contributed by atoms with E-state index in [9.17, 15) is 9.18 Å². The van der Waals surface area contributed by atoms with Gasteiger partial charge in [0.1, 0.15) is 5.82 Å². The zero-order valence-electron chi connectivity index (χ0n) is 10.6. The second-order valence-corrected chi connectivity index (χ2v) is 4.47. The van der Waals surface area contributed by atoms with Gasteiger partial charge in [0.2, 0.25) is 0 Å². The number of likely N-dealkylation sites (N-methyl/N-ethyl adjacent to an activating group) is 1. The molecule has 1 fully saturated rings. The van der Waals surface area contributed by atoms with Gasteiger partial charge in [0, 0.05) is 25.3 Å². The van der Waals surface area contributed by atoms with Crippen LogP contribution in [0.1, 0.15) is 30.1 Å². The second-order valence-electron chi connectivity index (χ2n) is 4.47. The van der Waals surface area contributed by atoms with Crippen molar-refractivity contribution in [2.75, 3.05) is 24.6 Å². The van der Waals surface area contributed by atoms with Crippen LogP contribution in [0.3, 0.4) is 0 Å².